The van der Waals surface area contributed by atoms with Crippen LogP contribution in [0.1, 0.15) is 90.1 Å². The maximum absolute atomic E-state index is 6.76. The smallest absolute Gasteiger partial charge is 0.256 e. The molecule has 208 valence electrons. The van der Waals surface area contributed by atoms with Crippen LogP contribution in [0.15, 0.2) is 66.7 Å². The predicted molar refractivity (Wildman–Crippen MR) is 176 cm³/mol. The van der Waals surface area contributed by atoms with Crippen molar-refractivity contribution in [2.75, 3.05) is 4.90 Å². The fraction of sp³-hybridized carbons (Fsp3) is 0.368. The second-order valence-electron chi connectivity index (χ2n) is 15.5. The van der Waals surface area contributed by atoms with Gasteiger partial charge in [0.1, 0.15) is 11.5 Å². The molecule has 0 saturated carbocycles. The SMILES string of the molecule is CC(C)(C)c1ccc2c(c1)Oc1cccc3c1B2c1ccc(C(C)(C)C)cc1N3c1cc(C(C)(C)C)cc2c1CC2. The Bertz CT molecular complexity index is 1730. The zero-order valence-electron chi connectivity index (χ0n) is 26.2. The Hall–Kier alpha value is -3.46. The van der Waals surface area contributed by atoms with Crippen LogP contribution in [-0.2, 0) is 29.1 Å². The average Bonchev–Trinajstić information content (AvgIpc) is 2.86. The van der Waals surface area contributed by atoms with Crippen LogP contribution in [0.3, 0.4) is 0 Å². The van der Waals surface area contributed by atoms with Crippen molar-refractivity contribution < 1.29 is 4.74 Å². The van der Waals surface area contributed by atoms with Gasteiger partial charge in [-0.3, -0.25) is 0 Å². The molecular weight excluding hydrogens is 497 g/mol. The summed E-state index contributed by atoms with van der Waals surface area (Å²) in [6.45, 7) is 20.9. The Morgan fingerprint density at radius 1 is 0.585 bits per heavy atom. The highest BCUT2D eigenvalue weighted by molar-refractivity contribution is 6.99. The van der Waals surface area contributed by atoms with E-state index >= 15 is 0 Å². The quantitative estimate of drug-likeness (QED) is 0.196. The van der Waals surface area contributed by atoms with E-state index in [4.69, 9.17) is 4.74 Å². The molecule has 0 N–H and O–H groups in total. The highest BCUT2D eigenvalue weighted by Crippen LogP contribution is 2.47. The molecule has 0 saturated heterocycles. The van der Waals surface area contributed by atoms with E-state index in [1.807, 2.05) is 0 Å². The average molecular weight is 540 g/mol. The first-order valence-corrected chi connectivity index (χ1v) is 15.3. The summed E-state index contributed by atoms with van der Waals surface area (Å²) < 4.78 is 6.76. The molecule has 1 aliphatic carbocycles. The molecule has 7 rings (SSSR count). The summed E-state index contributed by atoms with van der Waals surface area (Å²) >= 11 is 0. The number of nitrogens with zero attached hydrogens (tertiary/aromatic N) is 1. The second kappa shape index (κ2) is 8.54. The van der Waals surface area contributed by atoms with Crippen molar-refractivity contribution in [2.45, 2.75) is 91.4 Å². The molecule has 0 spiro atoms. The monoisotopic (exact) mass is 539 g/mol. The van der Waals surface area contributed by atoms with Crippen molar-refractivity contribution in [3.05, 3.63) is 94.5 Å². The molecule has 0 aromatic heterocycles. The van der Waals surface area contributed by atoms with Crippen molar-refractivity contribution in [2.24, 2.45) is 0 Å². The van der Waals surface area contributed by atoms with Gasteiger partial charge < -0.3 is 9.64 Å². The van der Waals surface area contributed by atoms with E-state index in [9.17, 15) is 0 Å². The molecule has 3 heteroatoms. The van der Waals surface area contributed by atoms with Crippen LogP contribution < -0.4 is 26.0 Å². The number of rotatable bonds is 1. The number of hydrogen-bond donors (Lipinski definition) is 0. The molecule has 2 aliphatic heterocycles. The van der Waals surface area contributed by atoms with Crippen molar-refractivity contribution >= 4 is 40.2 Å². The van der Waals surface area contributed by atoms with E-state index < -0.39 is 0 Å². The van der Waals surface area contributed by atoms with E-state index in [0.717, 1.165) is 24.3 Å². The summed E-state index contributed by atoms with van der Waals surface area (Å²) in [7, 11) is 0. The normalized spacial score (nSPS) is 15.3. The van der Waals surface area contributed by atoms with Crippen molar-refractivity contribution in [1.82, 2.24) is 0 Å². The van der Waals surface area contributed by atoms with Gasteiger partial charge >= 0.3 is 0 Å². The molecular formula is C38H42BNO. The molecule has 0 atom stereocenters. The van der Waals surface area contributed by atoms with Crippen LogP contribution in [0, 0.1) is 0 Å². The number of ether oxygens (including phenoxy) is 1. The first-order valence-electron chi connectivity index (χ1n) is 15.3. The van der Waals surface area contributed by atoms with Gasteiger partial charge in [-0.05, 0) is 104 Å². The number of hydrogen-bond acceptors (Lipinski definition) is 2. The Labute approximate surface area is 246 Å². The van der Waals surface area contributed by atoms with Gasteiger partial charge in [-0.1, -0.05) is 98.7 Å². The largest absolute Gasteiger partial charge is 0.458 e. The molecule has 0 bridgehead atoms. The molecule has 2 heterocycles. The lowest BCUT2D eigenvalue weighted by Gasteiger charge is -2.43. The molecule has 4 aromatic rings. The van der Waals surface area contributed by atoms with E-state index in [-0.39, 0.29) is 23.0 Å². The maximum Gasteiger partial charge on any atom is 0.256 e. The van der Waals surface area contributed by atoms with Crippen LogP contribution >= 0.6 is 0 Å². The summed E-state index contributed by atoms with van der Waals surface area (Å²) in [6, 6.07) is 25.7. The highest BCUT2D eigenvalue weighted by atomic mass is 16.5. The van der Waals surface area contributed by atoms with E-state index in [1.54, 1.807) is 0 Å². The van der Waals surface area contributed by atoms with Crippen molar-refractivity contribution in [3.8, 4) is 11.5 Å². The fourth-order valence-electron chi connectivity index (χ4n) is 6.81. The Morgan fingerprint density at radius 3 is 1.85 bits per heavy atom. The lowest BCUT2D eigenvalue weighted by atomic mass is 9.34. The topological polar surface area (TPSA) is 12.5 Å². The fourth-order valence-corrected chi connectivity index (χ4v) is 6.81. The van der Waals surface area contributed by atoms with Crippen LogP contribution in [0.4, 0.5) is 17.1 Å². The van der Waals surface area contributed by atoms with E-state index in [0.29, 0.717) is 0 Å². The van der Waals surface area contributed by atoms with Crippen molar-refractivity contribution in [1.29, 1.82) is 0 Å². The third-order valence-electron chi connectivity index (χ3n) is 9.50. The van der Waals surface area contributed by atoms with E-state index in [2.05, 4.69) is 134 Å². The third-order valence-corrected chi connectivity index (χ3v) is 9.50. The van der Waals surface area contributed by atoms with Gasteiger partial charge in [-0.2, -0.15) is 0 Å². The zero-order chi connectivity index (χ0) is 29.1. The number of benzene rings is 4. The summed E-state index contributed by atoms with van der Waals surface area (Å²) in [4.78, 5) is 2.57. The first-order chi connectivity index (χ1) is 19.2. The lowest BCUT2D eigenvalue weighted by molar-refractivity contribution is 0.483. The van der Waals surface area contributed by atoms with Crippen LogP contribution in [0.2, 0.25) is 0 Å². The summed E-state index contributed by atoms with van der Waals surface area (Å²) in [5.74, 6) is 1.97. The molecule has 0 fully saturated rings. The summed E-state index contributed by atoms with van der Waals surface area (Å²) in [6.07, 6.45) is 2.30. The Kier molecular flexibility index (Phi) is 5.51. The molecule has 4 aromatic carbocycles. The van der Waals surface area contributed by atoms with Crippen molar-refractivity contribution in [3.63, 3.8) is 0 Å². The summed E-state index contributed by atoms with van der Waals surface area (Å²) in [5, 5.41) is 0. The zero-order valence-corrected chi connectivity index (χ0v) is 26.2. The molecule has 0 amide bonds. The molecule has 3 aliphatic rings. The Morgan fingerprint density at radius 2 is 1.22 bits per heavy atom. The number of anilines is 3. The van der Waals surface area contributed by atoms with Crippen LogP contribution in [0.5, 0.6) is 11.5 Å². The van der Waals surface area contributed by atoms with E-state index in [1.165, 1.54) is 61.3 Å². The second-order valence-corrected chi connectivity index (χ2v) is 15.5. The lowest BCUT2D eigenvalue weighted by Crippen LogP contribution is -2.59. The standard InChI is InChI=1S/C38H42BNO/c1-36(2,3)24-14-17-28-32(20-24)40(31-21-26(38(7,8)9)19-23-13-16-27(23)31)30-11-10-12-33-35(30)39(28)29-18-15-25(37(4,5)6)22-34(29)41-33/h10-12,14-15,17-22H,13,16H2,1-9H3. The predicted octanol–water partition coefficient (Wildman–Crippen LogP) is 8.08. The van der Waals surface area contributed by atoms with Gasteiger partial charge in [0, 0.05) is 17.1 Å². The third kappa shape index (κ3) is 4.07. The van der Waals surface area contributed by atoms with Crippen LogP contribution in [0.25, 0.3) is 0 Å². The molecule has 0 unspecified atom stereocenters. The number of aryl methyl sites for hydroxylation is 1. The van der Waals surface area contributed by atoms with Crippen LogP contribution in [-0.4, -0.2) is 6.71 Å². The van der Waals surface area contributed by atoms with Gasteiger partial charge in [0.2, 0.25) is 0 Å². The minimum absolute atomic E-state index is 0.0519. The van der Waals surface area contributed by atoms with Gasteiger partial charge in [0.15, 0.2) is 0 Å². The Balaban J connectivity index is 1.53. The van der Waals surface area contributed by atoms with Gasteiger partial charge in [0.05, 0.1) is 0 Å². The summed E-state index contributed by atoms with van der Waals surface area (Å²) in [5.41, 5.74) is 15.1. The van der Waals surface area contributed by atoms with Gasteiger partial charge in [-0.25, -0.2) is 0 Å². The minimum Gasteiger partial charge on any atom is -0.458 e. The molecule has 41 heavy (non-hydrogen) atoms. The first kappa shape index (κ1) is 26.4. The van der Waals surface area contributed by atoms with Gasteiger partial charge in [-0.15, -0.1) is 0 Å². The molecule has 0 radical (unpaired) electrons. The minimum atomic E-state index is 0.0519. The highest BCUT2D eigenvalue weighted by Gasteiger charge is 2.43. The molecule has 2 nitrogen and oxygen atoms in total. The van der Waals surface area contributed by atoms with Gasteiger partial charge in [0.25, 0.3) is 6.71 Å². The number of fused-ring (bicyclic) bond motifs is 5. The maximum atomic E-state index is 6.76.